The van der Waals surface area contributed by atoms with Gasteiger partial charge in [0.15, 0.2) is 0 Å². The molecule has 0 heterocycles. The van der Waals surface area contributed by atoms with Crippen molar-refractivity contribution in [1.29, 1.82) is 0 Å². The molecule has 0 aliphatic heterocycles. The lowest BCUT2D eigenvalue weighted by atomic mass is 10.2. The third-order valence-corrected chi connectivity index (χ3v) is 7.69. The number of rotatable bonds is 10. The van der Waals surface area contributed by atoms with Crippen molar-refractivity contribution < 1.29 is 26.4 Å². The van der Waals surface area contributed by atoms with Crippen molar-refractivity contribution in [1.82, 2.24) is 9.62 Å². The second-order valence-electron chi connectivity index (χ2n) is 7.47. The smallest absolute Gasteiger partial charge is 0.243 e. The Hall–Kier alpha value is -2.63. The van der Waals surface area contributed by atoms with Gasteiger partial charge in [0.2, 0.25) is 26.0 Å². The molecular formula is C21H29N3O6S2. The molecule has 2 rings (SSSR count). The fourth-order valence-electron chi connectivity index (χ4n) is 2.98. The van der Waals surface area contributed by atoms with E-state index >= 15 is 0 Å². The van der Waals surface area contributed by atoms with Gasteiger partial charge in [0.05, 0.1) is 23.4 Å². The van der Waals surface area contributed by atoms with Crippen LogP contribution < -0.4 is 14.4 Å². The molecule has 0 saturated carbocycles. The topological polar surface area (TPSA) is 113 Å². The van der Waals surface area contributed by atoms with Crippen molar-refractivity contribution >= 4 is 31.6 Å². The van der Waals surface area contributed by atoms with Crippen LogP contribution >= 0.6 is 0 Å². The van der Waals surface area contributed by atoms with Crippen LogP contribution in [0.15, 0.2) is 53.4 Å². The van der Waals surface area contributed by atoms with E-state index in [1.807, 2.05) is 13.0 Å². The molecular weight excluding hydrogens is 454 g/mol. The van der Waals surface area contributed by atoms with Gasteiger partial charge in [-0.1, -0.05) is 12.1 Å². The van der Waals surface area contributed by atoms with Crippen molar-refractivity contribution in [2.45, 2.75) is 24.8 Å². The van der Waals surface area contributed by atoms with E-state index in [0.29, 0.717) is 11.4 Å². The van der Waals surface area contributed by atoms with E-state index in [9.17, 15) is 21.6 Å². The van der Waals surface area contributed by atoms with E-state index in [0.717, 1.165) is 20.4 Å². The van der Waals surface area contributed by atoms with Crippen LogP contribution in [0.2, 0.25) is 0 Å². The summed E-state index contributed by atoms with van der Waals surface area (Å²) < 4.78 is 56.5. The third kappa shape index (κ3) is 6.44. The summed E-state index contributed by atoms with van der Waals surface area (Å²) in [6.07, 6.45) is 1.06. The van der Waals surface area contributed by atoms with Crippen LogP contribution in [0.4, 0.5) is 5.69 Å². The van der Waals surface area contributed by atoms with Gasteiger partial charge in [-0.25, -0.2) is 21.1 Å². The van der Waals surface area contributed by atoms with Crippen LogP contribution in [-0.2, 0) is 24.8 Å². The van der Waals surface area contributed by atoms with Crippen molar-refractivity contribution in [2.75, 3.05) is 37.8 Å². The Morgan fingerprint density at radius 1 is 1.06 bits per heavy atom. The van der Waals surface area contributed by atoms with Gasteiger partial charge in [-0.15, -0.1) is 0 Å². The fourth-order valence-corrected chi connectivity index (χ4v) is 5.05. The summed E-state index contributed by atoms with van der Waals surface area (Å²) in [6.45, 7) is 3.63. The predicted molar refractivity (Wildman–Crippen MR) is 124 cm³/mol. The Morgan fingerprint density at radius 3 is 2.22 bits per heavy atom. The lowest BCUT2D eigenvalue weighted by molar-refractivity contribution is -0.121. The molecule has 1 amide bonds. The van der Waals surface area contributed by atoms with Gasteiger partial charge in [0, 0.05) is 14.1 Å². The van der Waals surface area contributed by atoms with E-state index < -0.39 is 32.0 Å². The highest BCUT2D eigenvalue weighted by molar-refractivity contribution is 7.92. The number of benzene rings is 2. The molecule has 0 fully saturated rings. The van der Waals surface area contributed by atoms with E-state index in [1.165, 1.54) is 45.3 Å². The molecule has 0 saturated heterocycles. The predicted octanol–water partition coefficient (Wildman–Crippen LogP) is 1.60. The maximum absolute atomic E-state index is 12.6. The molecule has 32 heavy (non-hydrogen) atoms. The average Bonchev–Trinajstić information content (AvgIpc) is 2.70. The molecule has 9 nitrogen and oxygen atoms in total. The molecule has 11 heteroatoms. The first-order valence-corrected chi connectivity index (χ1v) is 13.1. The van der Waals surface area contributed by atoms with Crippen LogP contribution in [0.1, 0.15) is 12.5 Å². The maximum atomic E-state index is 12.6. The zero-order valence-electron chi connectivity index (χ0n) is 18.8. The first-order valence-electron chi connectivity index (χ1n) is 9.83. The van der Waals surface area contributed by atoms with Crippen LogP contribution in [0.25, 0.3) is 0 Å². The molecule has 0 aliphatic rings. The summed E-state index contributed by atoms with van der Waals surface area (Å²) in [5, 5.41) is 2.67. The quantitative estimate of drug-likeness (QED) is 0.514. The Bertz CT molecular complexity index is 1150. The standard InChI is InChI=1S/C21H29N3O6S2/c1-16-7-6-8-18(15-16)24(31(5,26)27)17(2)21(25)22-13-14-30-19-9-11-20(12-10-19)32(28,29)23(3)4/h6-12,15,17H,13-14H2,1-5H3,(H,22,25). The van der Waals surface area contributed by atoms with E-state index in [4.69, 9.17) is 4.74 Å². The molecule has 2 aromatic carbocycles. The summed E-state index contributed by atoms with van der Waals surface area (Å²) in [5.41, 5.74) is 1.29. The van der Waals surface area contributed by atoms with Crippen LogP contribution in [-0.4, -0.2) is 66.6 Å². The summed E-state index contributed by atoms with van der Waals surface area (Å²) in [7, 11) is -4.30. The van der Waals surface area contributed by atoms with Crippen LogP contribution in [0, 0.1) is 6.92 Å². The van der Waals surface area contributed by atoms with Gasteiger partial charge in [-0.05, 0) is 55.8 Å². The van der Waals surface area contributed by atoms with Crippen LogP contribution in [0.3, 0.4) is 0 Å². The highest BCUT2D eigenvalue weighted by atomic mass is 32.2. The molecule has 0 spiro atoms. The van der Waals surface area contributed by atoms with Crippen molar-refractivity contribution in [2.24, 2.45) is 0 Å². The summed E-state index contributed by atoms with van der Waals surface area (Å²) in [5.74, 6) is -0.0181. The number of carbonyl (C=O) groups is 1. The van der Waals surface area contributed by atoms with Crippen molar-refractivity contribution in [3.05, 3.63) is 54.1 Å². The minimum Gasteiger partial charge on any atom is -0.492 e. The number of carbonyl (C=O) groups excluding carboxylic acids is 1. The van der Waals surface area contributed by atoms with Gasteiger partial charge in [0.25, 0.3) is 0 Å². The fraction of sp³-hybridized carbons (Fsp3) is 0.381. The number of hydrogen-bond acceptors (Lipinski definition) is 6. The zero-order chi connectivity index (χ0) is 24.1. The molecule has 1 unspecified atom stereocenters. The number of nitrogens with one attached hydrogen (secondary N) is 1. The Morgan fingerprint density at radius 2 is 1.69 bits per heavy atom. The molecule has 0 bridgehead atoms. The largest absolute Gasteiger partial charge is 0.492 e. The normalized spacial score (nSPS) is 12.9. The first-order chi connectivity index (χ1) is 14.8. The molecule has 1 N–H and O–H groups in total. The third-order valence-electron chi connectivity index (χ3n) is 4.62. The SMILES string of the molecule is Cc1cccc(N(C(C)C(=O)NCCOc2ccc(S(=O)(=O)N(C)C)cc2)S(C)(=O)=O)c1. The zero-order valence-corrected chi connectivity index (χ0v) is 20.4. The number of amides is 1. The number of sulfonamides is 2. The van der Waals surface area contributed by atoms with E-state index in [1.54, 1.807) is 18.2 Å². The molecule has 0 aromatic heterocycles. The lowest BCUT2D eigenvalue weighted by Gasteiger charge is -2.28. The number of aryl methyl sites for hydroxylation is 1. The minimum absolute atomic E-state index is 0.127. The number of ether oxygens (including phenoxy) is 1. The number of nitrogens with zero attached hydrogens (tertiary/aromatic N) is 2. The highest BCUT2D eigenvalue weighted by Gasteiger charge is 2.29. The van der Waals surface area contributed by atoms with Crippen LogP contribution in [0.5, 0.6) is 5.75 Å². The van der Waals surface area contributed by atoms with Crippen molar-refractivity contribution in [3.8, 4) is 5.75 Å². The summed E-state index contributed by atoms with van der Waals surface area (Å²) in [4.78, 5) is 12.7. The van der Waals surface area contributed by atoms with Gasteiger partial charge >= 0.3 is 0 Å². The Labute approximate surface area is 190 Å². The number of hydrogen-bond donors (Lipinski definition) is 1. The first kappa shape index (κ1) is 25.6. The molecule has 2 aromatic rings. The van der Waals surface area contributed by atoms with Gasteiger partial charge in [-0.3, -0.25) is 9.10 Å². The summed E-state index contributed by atoms with van der Waals surface area (Å²) >= 11 is 0. The second kappa shape index (κ2) is 10.3. The molecule has 0 radical (unpaired) electrons. The molecule has 0 aliphatic carbocycles. The second-order valence-corrected chi connectivity index (χ2v) is 11.5. The lowest BCUT2D eigenvalue weighted by Crippen LogP contribution is -2.48. The molecule has 1 atom stereocenters. The van der Waals surface area contributed by atoms with Gasteiger partial charge in [-0.2, -0.15) is 0 Å². The van der Waals surface area contributed by atoms with Gasteiger partial charge < -0.3 is 10.1 Å². The Balaban J connectivity index is 1.95. The van der Waals surface area contributed by atoms with E-state index in [2.05, 4.69) is 5.32 Å². The number of anilines is 1. The van der Waals surface area contributed by atoms with Gasteiger partial charge in [0.1, 0.15) is 18.4 Å². The Kier molecular flexibility index (Phi) is 8.27. The van der Waals surface area contributed by atoms with E-state index in [-0.39, 0.29) is 18.0 Å². The summed E-state index contributed by atoms with van der Waals surface area (Å²) in [6, 6.07) is 11.9. The highest BCUT2D eigenvalue weighted by Crippen LogP contribution is 2.22. The maximum Gasteiger partial charge on any atom is 0.243 e. The molecule has 176 valence electrons. The minimum atomic E-state index is -3.69. The van der Waals surface area contributed by atoms with Crippen molar-refractivity contribution in [3.63, 3.8) is 0 Å². The monoisotopic (exact) mass is 483 g/mol. The average molecular weight is 484 g/mol.